The summed E-state index contributed by atoms with van der Waals surface area (Å²) in [6.07, 6.45) is 2.03. The molecule has 10 heteroatoms. The van der Waals surface area contributed by atoms with Gasteiger partial charge in [-0.1, -0.05) is 35.6 Å². The summed E-state index contributed by atoms with van der Waals surface area (Å²) in [6.45, 7) is 3.48. The fourth-order valence-electron chi connectivity index (χ4n) is 5.66. The zero-order valence-electron chi connectivity index (χ0n) is 22.5. The molecule has 3 aliphatic rings. The molecule has 1 aromatic heterocycles. The normalized spacial score (nSPS) is 19.1. The molecule has 2 saturated heterocycles. The first-order valence-electron chi connectivity index (χ1n) is 13.7. The van der Waals surface area contributed by atoms with E-state index in [1.807, 2.05) is 48.2 Å². The topological polar surface area (TPSA) is 105 Å². The molecule has 9 nitrogen and oxygen atoms in total. The molecule has 2 fully saturated rings. The van der Waals surface area contributed by atoms with Gasteiger partial charge in [0.2, 0.25) is 11.8 Å². The van der Waals surface area contributed by atoms with Crippen LogP contribution in [-0.4, -0.2) is 62.3 Å². The maximum absolute atomic E-state index is 13.4. The molecule has 0 aliphatic carbocycles. The SMILES string of the molecule is Cc1ccc(-n2nc(Br)cc2C(=O)N2CCC(C#Cc3cccc4c3CN(C3CCC(=O)NC3=O)C4=O)CC2)cc1. The molecule has 3 aliphatic heterocycles. The molecule has 0 spiro atoms. The minimum Gasteiger partial charge on any atom is -0.337 e. The lowest BCUT2D eigenvalue weighted by molar-refractivity contribution is -0.136. The third kappa shape index (κ3) is 5.30. The molecule has 2 aromatic carbocycles. The minimum atomic E-state index is -0.654. The summed E-state index contributed by atoms with van der Waals surface area (Å²) in [6, 6.07) is 14.5. The van der Waals surface area contributed by atoms with Crippen molar-refractivity contribution in [2.24, 2.45) is 5.92 Å². The number of rotatable bonds is 3. The summed E-state index contributed by atoms with van der Waals surface area (Å²) in [4.78, 5) is 53.9. The maximum atomic E-state index is 13.4. The van der Waals surface area contributed by atoms with Crippen LogP contribution in [0.1, 0.15) is 63.2 Å². The van der Waals surface area contributed by atoms with Crippen molar-refractivity contribution in [1.82, 2.24) is 24.9 Å². The number of amides is 4. The standard InChI is InChI=1S/C31H28BrN5O4/c1-19-5-9-22(10-6-19)37-26(17-27(32)34-37)31(41)35-15-13-20(14-16-35)7-8-21-3-2-4-23-24(21)18-36(30(23)40)25-11-12-28(38)33-29(25)39/h2-6,9-10,17,20,25H,11-16,18H2,1H3,(H,33,38,39). The number of benzene rings is 2. The van der Waals surface area contributed by atoms with Crippen LogP contribution in [0.15, 0.2) is 53.1 Å². The number of halogens is 1. The lowest BCUT2D eigenvalue weighted by Crippen LogP contribution is -2.52. The van der Waals surface area contributed by atoms with E-state index in [0.29, 0.717) is 41.9 Å². The summed E-state index contributed by atoms with van der Waals surface area (Å²) in [7, 11) is 0. The van der Waals surface area contributed by atoms with Crippen molar-refractivity contribution in [2.75, 3.05) is 13.1 Å². The number of fused-ring (bicyclic) bond motifs is 1. The zero-order chi connectivity index (χ0) is 28.7. The predicted molar refractivity (Wildman–Crippen MR) is 154 cm³/mol. The van der Waals surface area contributed by atoms with Crippen LogP contribution in [0.3, 0.4) is 0 Å². The number of carbonyl (C=O) groups excluding carboxylic acids is 4. The van der Waals surface area contributed by atoms with Gasteiger partial charge in [0.25, 0.3) is 11.8 Å². The number of aryl methyl sites for hydroxylation is 1. The molecule has 3 aromatic rings. The van der Waals surface area contributed by atoms with Crippen LogP contribution < -0.4 is 5.32 Å². The van der Waals surface area contributed by atoms with E-state index < -0.39 is 11.9 Å². The minimum absolute atomic E-state index is 0.0666. The number of aromatic nitrogens is 2. The number of hydrogen-bond donors (Lipinski definition) is 1. The van der Waals surface area contributed by atoms with Crippen LogP contribution >= 0.6 is 15.9 Å². The van der Waals surface area contributed by atoms with Gasteiger partial charge in [0.05, 0.1) is 5.69 Å². The molecular weight excluding hydrogens is 586 g/mol. The maximum Gasteiger partial charge on any atom is 0.272 e. The van der Waals surface area contributed by atoms with Gasteiger partial charge < -0.3 is 9.80 Å². The molecule has 41 heavy (non-hydrogen) atoms. The second-order valence-corrected chi connectivity index (χ2v) is 11.5. The molecule has 0 bridgehead atoms. The Bertz CT molecular complexity index is 1630. The van der Waals surface area contributed by atoms with E-state index in [0.717, 1.165) is 35.2 Å². The highest BCUT2D eigenvalue weighted by molar-refractivity contribution is 9.10. The summed E-state index contributed by atoms with van der Waals surface area (Å²) >= 11 is 3.42. The number of likely N-dealkylation sites (tertiary alicyclic amines) is 1. The van der Waals surface area contributed by atoms with Gasteiger partial charge in [-0.05, 0) is 71.9 Å². The largest absolute Gasteiger partial charge is 0.337 e. The Labute approximate surface area is 246 Å². The lowest BCUT2D eigenvalue weighted by Gasteiger charge is -2.30. The Morgan fingerprint density at radius 1 is 1.05 bits per heavy atom. The van der Waals surface area contributed by atoms with Crippen LogP contribution in [0.25, 0.3) is 5.69 Å². The van der Waals surface area contributed by atoms with Gasteiger partial charge in [-0.2, -0.15) is 5.10 Å². The third-order valence-corrected chi connectivity index (χ3v) is 8.34. The van der Waals surface area contributed by atoms with Crippen molar-refractivity contribution in [3.63, 3.8) is 0 Å². The summed E-state index contributed by atoms with van der Waals surface area (Å²) in [5.74, 6) is 5.77. The van der Waals surface area contributed by atoms with E-state index in [1.54, 1.807) is 21.7 Å². The number of hydrogen-bond acceptors (Lipinski definition) is 5. The van der Waals surface area contributed by atoms with E-state index in [9.17, 15) is 19.2 Å². The van der Waals surface area contributed by atoms with Crippen LogP contribution in [0, 0.1) is 24.7 Å². The van der Waals surface area contributed by atoms with Crippen molar-refractivity contribution >= 4 is 39.6 Å². The van der Waals surface area contributed by atoms with E-state index >= 15 is 0 Å². The molecule has 1 N–H and O–H groups in total. The lowest BCUT2D eigenvalue weighted by atomic mass is 9.96. The fraction of sp³-hybridized carbons (Fsp3) is 0.323. The predicted octanol–water partition coefficient (Wildman–Crippen LogP) is 3.61. The van der Waals surface area contributed by atoms with Crippen molar-refractivity contribution in [3.05, 3.63) is 81.1 Å². The number of nitrogens with one attached hydrogen (secondary N) is 1. The van der Waals surface area contributed by atoms with Crippen molar-refractivity contribution in [2.45, 2.75) is 45.2 Å². The van der Waals surface area contributed by atoms with Crippen molar-refractivity contribution in [1.29, 1.82) is 0 Å². The fourth-order valence-corrected chi connectivity index (χ4v) is 6.03. The van der Waals surface area contributed by atoms with Gasteiger partial charge in [0.15, 0.2) is 0 Å². The molecular formula is C31H28BrN5O4. The summed E-state index contributed by atoms with van der Waals surface area (Å²) in [5, 5.41) is 6.82. The second-order valence-electron chi connectivity index (χ2n) is 10.7. The number of imide groups is 1. The van der Waals surface area contributed by atoms with E-state index in [2.05, 4.69) is 38.2 Å². The molecule has 1 atom stereocenters. The highest BCUT2D eigenvalue weighted by Gasteiger charge is 2.39. The first-order valence-corrected chi connectivity index (χ1v) is 14.5. The Morgan fingerprint density at radius 2 is 1.80 bits per heavy atom. The number of nitrogens with zero attached hydrogens (tertiary/aromatic N) is 4. The van der Waals surface area contributed by atoms with Crippen LogP contribution in [0.5, 0.6) is 0 Å². The van der Waals surface area contributed by atoms with Crippen LogP contribution in [0.4, 0.5) is 0 Å². The Hall–Kier alpha value is -4.23. The highest BCUT2D eigenvalue weighted by Crippen LogP contribution is 2.30. The quantitative estimate of drug-likeness (QED) is 0.359. The molecule has 0 saturated carbocycles. The summed E-state index contributed by atoms with van der Waals surface area (Å²) < 4.78 is 2.28. The highest BCUT2D eigenvalue weighted by atomic mass is 79.9. The monoisotopic (exact) mass is 613 g/mol. The van der Waals surface area contributed by atoms with E-state index in [1.165, 1.54) is 0 Å². The molecule has 1 unspecified atom stereocenters. The van der Waals surface area contributed by atoms with Crippen LogP contribution in [-0.2, 0) is 16.1 Å². The van der Waals surface area contributed by atoms with Gasteiger partial charge in [0.1, 0.15) is 16.3 Å². The Morgan fingerprint density at radius 3 is 2.54 bits per heavy atom. The average molecular weight is 615 g/mol. The number of carbonyl (C=O) groups is 4. The van der Waals surface area contributed by atoms with Crippen molar-refractivity contribution in [3.8, 4) is 17.5 Å². The average Bonchev–Trinajstić information content (AvgIpc) is 3.52. The Balaban J connectivity index is 1.12. The van der Waals surface area contributed by atoms with Gasteiger partial charge in [0, 0.05) is 49.2 Å². The third-order valence-electron chi connectivity index (χ3n) is 7.95. The zero-order valence-corrected chi connectivity index (χ0v) is 24.1. The number of piperidine rings is 2. The van der Waals surface area contributed by atoms with Gasteiger partial charge in [-0.25, -0.2) is 4.68 Å². The first-order chi connectivity index (χ1) is 19.8. The van der Waals surface area contributed by atoms with Crippen molar-refractivity contribution < 1.29 is 19.2 Å². The Kier molecular flexibility index (Phi) is 7.22. The molecule has 0 radical (unpaired) electrons. The van der Waals surface area contributed by atoms with Gasteiger partial charge in [-0.3, -0.25) is 24.5 Å². The smallest absolute Gasteiger partial charge is 0.272 e. The first kappa shape index (κ1) is 27.0. The molecule has 208 valence electrons. The van der Waals surface area contributed by atoms with Crippen LogP contribution in [0.2, 0.25) is 0 Å². The van der Waals surface area contributed by atoms with Gasteiger partial charge in [-0.15, -0.1) is 0 Å². The summed E-state index contributed by atoms with van der Waals surface area (Å²) in [5.41, 5.74) is 4.62. The van der Waals surface area contributed by atoms with Gasteiger partial charge >= 0.3 is 0 Å². The molecule has 6 rings (SSSR count). The molecule has 4 heterocycles. The van der Waals surface area contributed by atoms with E-state index in [-0.39, 0.29) is 30.1 Å². The second kappa shape index (κ2) is 11.0. The molecule has 4 amide bonds. The van der Waals surface area contributed by atoms with E-state index in [4.69, 9.17) is 0 Å².